The number of rotatable bonds is 7. The van der Waals surface area contributed by atoms with Gasteiger partial charge in [-0.3, -0.25) is 4.79 Å². The van der Waals surface area contributed by atoms with Gasteiger partial charge in [0.05, 0.1) is 12.2 Å². The second-order valence-corrected chi connectivity index (χ2v) is 7.15. The molecule has 6 nitrogen and oxygen atoms in total. The van der Waals surface area contributed by atoms with Gasteiger partial charge in [-0.1, -0.05) is 40.9 Å². The average Bonchev–Trinajstić information content (AvgIpc) is 2.92. The summed E-state index contributed by atoms with van der Waals surface area (Å²) < 4.78 is 42.1. The highest BCUT2D eigenvalue weighted by Gasteiger charge is 2.27. The highest BCUT2D eigenvalue weighted by Crippen LogP contribution is 2.28. The van der Waals surface area contributed by atoms with E-state index in [1.165, 1.54) is 10.8 Å². The summed E-state index contributed by atoms with van der Waals surface area (Å²) in [6.45, 7) is -0.513. The van der Waals surface area contributed by atoms with Gasteiger partial charge >= 0.3 is 12.1 Å². The fourth-order valence-electron chi connectivity index (χ4n) is 2.28. The minimum Gasteiger partial charge on any atom is -0.452 e. The highest BCUT2D eigenvalue weighted by molar-refractivity contribution is 6.36. The van der Waals surface area contributed by atoms with Gasteiger partial charge in [-0.15, -0.1) is 0 Å². The van der Waals surface area contributed by atoms with Gasteiger partial charge in [0.25, 0.3) is 5.91 Å². The Morgan fingerprint density at radius 2 is 1.87 bits per heavy atom. The number of ether oxygens (including phenoxy) is 1. The standard InChI is InChI=1S/C18H15Cl3F3N3O3/c1-10-11(5-6-16(29)30-8-15(28)25-9-18(22,23)24)17(21)27(26-10)7-12-13(19)3-2-4-14(12)20/h2-6H,7-9H2,1H3,(H,25,28)/b6-5+. The third-order valence-corrected chi connectivity index (χ3v) is 4.80. The molecule has 0 aliphatic rings. The van der Waals surface area contributed by atoms with E-state index >= 15 is 0 Å². The van der Waals surface area contributed by atoms with Crippen molar-refractivity contribution in [1.82, 2.24) is 15.1 Å². The summed E-state index contributed by atoms with van der Waals surface area (Å²) in [5.41, 5.74) is 1.53. The van der Waals surface area contributed by atoms with Gasteiger partial charge in [-0.25, -0.2) is 9.48 Å². The molecule has 0 radical (unpaired) electrons. The van der Waals surface area contributed by atoms with E-state index in [9.17, 15) is 22.8 Å². The van der Waals surface area contributed by atoms with Crippen LogP contribution in [0.1, 0.15) is 16.8 Å². The number of nitrogens with one attached hydrogen (secondary N) is 1. The first kappa shape index (κ1) is 24.0. The van der Waals surface area contributed by atoms with Crippen molar-refractivity contribution in [3.8, 4) is 0 Å². The topological polar surface area (TPSA) is 73.2 Å². The molecule has 1 heterocycles. The van der Waals surface area contributed by atoms with Crippen LogP contribution in [-0.4, -0.2) is 41.0 Å². The summed E-state index contributed by atoms with van der Waals surface area (Å²) >= 11 is 18.6. The lowest BCUT2D eigenvalue weighted by molar-refractivity contribution is -0.148. The molecule has 0 atom stereocenters. The number of amides is 1. The predicted octanol–water partition coefficient (Wildman–Crippen LogP) is 4.43. The quantitative estimate of drug-likeness (QED) is 0.466. The van der Waals surface area contributed by atoms with E-state index in [0.717, 1.165) is 6.08 Å². The van der Waals surface area contributed by atoms with Gasteiger partial charge in [0, 0.05) is 27.2 Å². The number of aromatic nitrogens is 2. The normalized spacial score (nSPS) is 11.7. The Morgan fingerprint density at radius 1 is 1.23 bits per heavy atom. The second-order valence-electron chi connectivity index (χ2n) is 5.98. The number of esters is 1. The summed E-state index contributed by atoms with van der Waals surface area (Å²) in [7, 11) is 0. The first-order valence-electron chi connectivity index (χ1n) is 8.32. The Hall–Kier alpha value is -2.23. The van der Waals surface area contributed by atoms with Gasteiger partial charge in [-0.05, 0) is 25.1 Å². The molecule has 0 fully saturated rings. The second kappa shape index (κ2) is 10.2. The number of hydrogen-bond donors (Lipinski definition) is 1. The zero-order valence-corrected chi connectivity index (χ0v) is 17.7. The van der Waals surface area contributed by atoms with Crippen LogP contribution in [0.5, 0.6) is 0 Å². The molecule has 0 saturated carbocycles. The lowest BCUT2D eigenvalue weighted by Crippen LogP contribution is -2.36. The van der Waals surface area contributed by atoms with Crippen molar-refractivity contribution in [3.63, 3.8) is 0 Å². The van der Waals surface area contributed by atoms with Crippen molar-refractivity contribution < 1.29 is 27.5 Å². The summed E-state index contributed by atoms with van der Waals surface area (Å²) in [5, 5.41) is 6.95. The number of aryl methyl sites for hydroxylation is 1. The molecule has 1 amide bonds. The van der Waals surface area contributed by atoms with Crippen LogP contribution in [0.2, 0.25) is 15.2 Å². The van der Waals surface area contributed by atoms with Crippen LogP contribution in [0.4, 0.5) is 13.2 Å². The van der Waals surface area contributed by atoms with Crippen LogP contribution in [-0.2, 0) is 20.9 Å². The van der Waals surface area contributed by atoms with Crippen LogP contribution in [0.25, 0.3) is 6.08 Å². The molecule has 12 heteroatoms. The van der Waals surface area contributed by atoms with E-state index in [0.29, 0.717) is 26.9 Å². The zero-order valence-electron chi connectivity index (χ0n) is 15.4. The molecule has 1 aromatic heterocycles. The predicted molar refractivity (Wildman–Crippen MR) is 107 cm³/mol. The molecular weight excluding hydrogens is 470 g/mol. The Bertz CT molecular complexity index is 955. The van der Waals surface area contributed by atoms with Crippen molar-refractivity contribution in [2.24, 2.45) is 0 Å². The molecule has 0 unspecified atom stereocenters. The van der Waals surface area contributed by atoms with Crippen molar-refractivity contribution in [3.05, 3.63) is 56.3 Å². The van der Waals surface area contributed by atoms with E-state index in [4.69, 9.17) is 34.8 Å². The average molecular weight is 485 g/mol. The number of alkyl halides is 3. The monoisotopic (exact) mass is 483 g/mol. The van der Waals surface area contributed by atoms with Crippen molar-refractivity contribution in [1.29, 1.82) is 0 Å². The maximum atomic E-state index is 12.0. The van der Waals surface area contributed by atoms with Crippen molar-refractivity contribution in [2.45, 2.75) is 19.6 Å². The molecule has 0 bridgehead atoms. The smallest absolute Gasteiger partial charge is 0.405 e. The molecule has 1 N–H and O–H groups in total. The lowest BCUT2D eigenvalue weighted by atomic mass is 10.2. The van der Waals surface area contributed by atoms with Gasteiger partial charge in [0.2, 0.25) is 0 Å². The maximum Gasteiger partial charge on any atom is 0.405 e. The van der Waals surface area contributed by atoms with Gasteiger partial charge in [0.15, 0.2) is 6.61 Å². The molecule has 0 spiro atoms. The van der Waals surface area contributed by atoms with E-state index in [1.54, 1.807) is 30.4 Å². The van der Waals surface area contributed by atoms with Crippen LogP contribution in [0.3, 0.4) is 0 Å². The molecule has 30 heavy (non-hydrogen) atoms. The first-order chi connectivity index (χ1) is 14.0. The fraction of sp³-hybridized carbons (Fsp3) is 0.278. The van der Waals surface area contributed by atoms with E-state index in [-0.39, 0.29) is 11.7 Å². The molecule has 2 aromatic rings. The number of carbonyl (C=O) groups is 2. The van der Waals surface area contributed by atoms with E-state index < -0.39 is 31.2 Å². The molecule has 1 aromatic carbocycles. The number of benzene rings is 1. The highest BCUT2D eigenvalue weighted by atomic mass is 35.5. The van der Waals surface area contributed by atoms with E-state index in [1.807, 2.05) is 0 Å². The van der Waals surface area contributed by atoms with Crippen LogP contribution < -0.4 is 5.32 Å². The Kier molecular flexibility index (Phi) is 8.17. The van der Waals surface area contributed by atoms with Crippen molar-refractivity contribution >= 4 is 52.8 Å². The molecule has 0 aliphatic heterocycles. The molecular formula is C18H15Cl3F3N3O3. The minimum atomic E-state index is -4.55. The van der Waals surface area contributed by atoms with Crippen LogP contribution in [0.15, 0.2) is 24.3 Å². The van der Waals surface area contributed by atoms with Gasteiger partial charge in [-0.2, -0.15) is 18.3 Å². The van der Waals surface area contributed by atoms with Crippen molar-refractivity contribution in [2.75, 3.05) is 13.2 Å². The van der Waals surface area contributed by atoms with Crippen LogP contribution in [0, 0.1) is 6.92 Å². The third kappa shape index (κ3) is 6.93. The fourth-order valence-corrected chi connectivity index (χ4v) is 3.09. The summed E-state index contributed by atoms with van der Waals surface area (Å²) in [5.74, 6) is -2.01. The first-order valence-corrected chi connectivity index (χ1v) is 9.45. The molecule has 2 rings (SSSR count). The minimum absolute atomic E-state index is 0.190. The Labute approximate surface area is 184 Å². The SMILES string of the molecule is Cc1nn(Cc2c(Cl)cccc2Cl)c(Cl)c1/C=C/C(=O)OCC(=O)NCC(F)(F)F. The Balaban J connectivity index is 2.01. The molecule has 162 valence electrons. The summed E-state index contributed by atoms with van der Waals surface area (Å²) in [6.07, 6.45) is -2.24. The van der Waals surface area contributed by atoms with Gasteiger partial charge < -0.3 is 10.1 Å². The molecule has 0 saturated heterocycles. The zero-order chi connectivity index (χ0) is 22.5. The summed E-state index contributed by atoms with van der Waals surface area (Å²) in [6, 6.07) is 5.05. The van der Waals surface area contributed by atoms with E-state index in [2.05, 4.69) is 9.84 Å². The third-order valence-electron chi connectivity index (χ3n) is 3.70. The number of halogens is 6. The lowest BCUT2D eigenvalue weighted by Gasteiger charge is -2.08. The van der Waals surface area contributed by atoms with Gasteiger partial charge in [0.1, 0.15) is 11.7 Å². The largest absolute Gasteiger partial charge is 0.452 e. The maximum absolute atomic E-state index is 12.0. The molecule has 0 aliphatic carbocycles. The van der Waals surface area contributed by atoms with Crippen LogP contribution >= 0.6 is 34.8 Å². The summed E-state index contributed by atoms with van der Waals surface area (Å²) in [4.78, 5) is 23.0. The number of nitrogens with zero attached hydrogens (tertiary/aromatic N) is 2. The Morgan fingerprint density at radius 3 is 2.47 bits per heavy atom. The number of carbonyl (C=O) groups excluding carboxylic acids is 2. The number of hydrogen-bond acceptors (Lipinski definition) is 4.